The van der Waals surface area contributed by atoms with Crippen LogP contribution in [0.25, 0.3) is 0 Å². The van der Waals surface area contributed by atoms with Crippen molar-refractivity contribution in [1.29, 1.82) is 0 Å². The number of esters is 1. The first kappa shape index (κ1) is 18.8. The molecule has 0 aliphatic heterocycles. The molecule has 0 fully saturated rings. The van der Waals surface area contributed by atoms with Gasteiger partial charge in [0.1, 0.15) is 0 Å². The number of hydrogen-bond donors (Lipinski definition) is 0. The lowest BCUT2D eigenvalue weighted by Crippen LogP contribution is -2.34. The Bertz CT molecular complexity index is 317. The molecular weight excluding hydrogens is 283 g/mol. The number of carbonyl (C=O) groups excluding carboxylic acids is 1. The van der Waals surface area contributed by atoms with Gasteiger partial charge in [0.15, 0.2) is 5.66 Å². The van der Waals surface area contributed by atoms with Crippen LogP contribution in [0, 0.1) is 0 Å². The average Bonchev–Trinajstić information content (AvgIpc) is 2.25. The lowest BCUT2D eigenvalue weighted by Gasteiger charge is -2.28. The van der Waals surface area contributed by atoms with Crippen LogP contribution < -0.4 is 0 Å². The molecule has 114 valence electrons. The van der Waals surface area contributed by atoms with Crippen molar-refractivity contribution in [1.82, 2.24) is 0 Å². The van der Waals surface area contributed by atoms with Crippen LogP contribution in [-0.2, 0) is 23.1 Å². The van der Waals surface area contributed by atoms with Gasteiger partial charge in [-0.2, -0.15) is 0 Å². The molecule has 0 N–H and O–H groups in total. The summed E-state index contributed by atoms with van der Waals surface area (Å²) >= 11 is 0. The van der Waals surface area contributed by atoms with E-state index in [2.05, 4.69) is 19.6 Å². The summed E-state index contributed by atoms with van der Waals surface area (Å²) in [6.45, 7) is 12.3. The van der Waals surface area contributed by atoms with E-state index < -0.39 is 27.3 Å². The van der Waals surface area contributed by atoms with E-state index in [4.69, 9.17) is 13.8 Å². The summed E-state index contributed by atoms with van der Waals surface area (Å²) in [4.78, 5) is 12.1. The molecule has 0 aromatic rings. The SMILES string of the molecule is CCOC(=O)C(C[Si](C)(C)C)P(=O)(OCC)OCC. The van der Waals surface area contributed by atoms with Crippen LogP contribution in [0.4, 0.5) is 0 Å². The number of carbonyl (C=O) groups is 1. The van der Waals surface area contributed by atoms with Gasteiger partial charge in [-0.05, 0) is 26.8 Å². The van der Waals surface area contributed by atoms with Crippen LogP contribution in [0.1, 0.15) is 20.8 Å². The van der Waals surface area contributed by atoms with Gasteiger partial charge in [-0.1, -0.05) is 19.6 Å². The molecule has 0 spiro atoms. The first-order valence-electron chi connectivity index (χ1n) is 6.75. The predicted molar refractivity (Wildman–Crippen MR) is 79.4 cm³/mol. The van der Waals surface area contributed by atoms with Gasteiger partial charge in [0.05, 0.1) is 19.8 Å². The molecule has 0 bridgehead atoms. The smallest absolute Gasteiger partial charge is 0.344 e. The maximum Gasteiger partial charge on any atom is 0.344 e. The van der Waals surface area contributed by atoms with E-state index in [9.17, 15) is 9.36 Å². The summed E-state index contributed by atoms with van der Waals surface area (Å²) in [7, 11) is -5.06. The summed E-state index contributed by atoms with van der Waals surface area (Å²) in [5, 5.41) is 0. The van der Waals surface area contributed by atoms with E-state index in [-0.39, 0.29) is 19.8 Å². The Morgan fingerprint density at radius 2 is 1.53 bits per heavy atom. The number of rotatable bonds is 9. The predicted octanol–water partition coefficient (Wildman–Crippen LogP) is 3.52. The maximum atomic E-state index is 12.8. The van der Waals surface area contributed by atoms with Crippen molar-refractivity contribution in [3.63, 3.8) is 0 Å². The molecule has 0 saturated carbocycles. The Hall–Kier alpha value is -0.163. The summed E-state index contributed by atoms with van der Waals surface area (Å²) in [6, 6.07) is 0.531. The van der Waals surface area contributed by atoms with Crippen molar-refractivity contribution in [2.45, 2.75) is 52.1 Å². The quantitative estimate of drug-likeness (QED) is 0.370. The molecule has 0 radical (unpaired) electrons. The third kappa shape index (κ3) is 6.70. The fraction of sp³-hybridized carbons (Fsp3) is 0.917. The van der Waals surface area contributed by atoms with E-state index in [1.165, 1.54) is 0 Å². The van der Waals surface area contributed by atoms with Crippen LogP contribution in [-0.4, -0.2) is 39.5 Å². The third-order valence-corrected chi connectivity index (χ3v) is 6.73. The molecule has 0 amide bonds. The van der Waals surface area contributed by atoms with E-state index in [1.807, 2.05) is 0 Å². The Labute approximate surface area is 117 Å². The van der Waals surface area contributed by atoms with Crippen LogP contribution in [0.15, 0.2) is 0 Å². The minimum atomic E-state index is -3.45. The van der Waals surface area contributed by atoms with Gasteiger partial charge in [0.25, 0.3) is 0 Å². The zero-order valence-corrected chi connectivity index (χ0v) is 14.8. The van der Waals surface area contributed by atoms with E-state index in [1.54, 1.807) is 20.8 Å². The van der Waals surface area contributed by atoms with Gasteiger partial charge < -0.3 is 13.8 Å². The molecule has 0 aliphatic carbocycles. The largest absolute Gasteiger partial charge is 0.465 e. The van der Waals surface area contributed by atoms with Crippen molar-refractivity contribution in [3.05, 3.63) is 0 Å². The molecular formula is C12H27O5PSi. The second-order valence-electron chi connectivity index (χ2n) is 5.41. The zero-order valence-electron chi connectivity index (χ0n) is 12.9. The fourth-order valence-corrected chi connectivity index (χ4v) is 7.07. The van der Waals surface area contributed by atoms with Gasteiger partial charge >= 0.3 is 13.6 Å². The van der Waals surface area contributed by atoms with E-state index >= 15 is 0 Å². The normalized spacial score (nSPS) is 14.2. The molecule has 7 heteroatoms. The second kappa shape index (κ2) is 8.20. The summed E-state index contributed by atoms with van der Waals surface area (Å²) in [5.74, 6) is -0.477. The van der Waals surface area contributed by atoms with Crippen molar-refractivity contribution in [2.75, 3.05) is 19.8 Å². The molecule has 0 aromatic carbocycles. The monoisotopic (exact) mass is 310 g/mol. The fourth-order valence-electron chi connectivity index (χ4n) is 1.72. The van der Waals surface area contributed by atoms with Gasteiger partial charge in [-0.15, -0.1) is 0 Å². The Kier molecular flexibility index (Phi) is 8.13. The minimum Gasteiger partial charge on any atom is -0.465 e. The molecule has 0 aromatic heterocycles. The summed E-state index contributed by atoms with van der Waals surface area (Å²) in [5.41, 5.74) is -0.806. The lowest BCUT2D eigenvalue weighted by molar-refractivity contribution is -0.142. The average molecular weight is 310 g/mol. The molecule has 1 unspecified atom stereocenters. The van der Waals surface area contributed by atoms with Crippen molar-refractivity contribution < 1.29 is 23.1 Å². The molecule has 0 rings (SSSR count). The van der Waals surface area contributed by atoms with Crippen molar-refractivity contribution in [2.24, 2.45) is 0 Å². The van der Waals surface area contributed by atoms with Crippen LogP contribution in [0.2, 0.25) is 25.7 Å². The summed E-state index contributed by atoms with van der Waals surface area (Å²) < 4.78 is 28.4. The highest BCUT2D eigenvalue weighted by atomic mass is 31.2. The van der Waals surface area contributed by atoms with Crippen LogP contribution >= 0.6 is 7.60 Å². The maximum absolute atomic E-state index is 12.8. The number of hydrogen-bond acceptors (Lipinski definition) is 5. The highest BCUT2D eigenvalue weighted by Gasteiger charge is 2.44. The van der Waals surface area contributed by atoms with Gasteiger partial charge in [0.2, 0.25) is 0 Å². The minimum absolute atomic E-state index is 0.249. The molecule has 19 heavy (non-hydrogen) atoms. The molecule has 1 atom stereocenters. The van der Waals surface area contributed by atoms with Crippen molar-refractivity contribution >= 4 is 21.6 Å². The highest BCUT2D eigenvalue weighted by Crippen LogP contribution is 2.55. The van der Waals surface area contributed by atoms with E-state index in [0.717, 1.165) is 0 Å². The van der Waals surface area contributed by atoms with Gasteiger partial charge in [-0.25, -0.2) is 0 Å². The standard InChI is InChI=1S/C12H27O5PSi/c1-7-15-12(13)11(10-19(4,5)6)18(14,16-8-2)17-9-3/h11H,7-10H2,1-6H3. The van der Waals surface area contributed by atoms with Gasteiger partial charge in [0, 0.05) is 8.07 Å². The van der Waals surface area contributed by atoms with Crippen molar-refractivity contribution in [3.8, 4) is 0 Å². The topological polar surface area (TPSA) is 61.8 Å². The molecule has 0 aliphatic rings. The Morgan fingerprint density at radius 1 is 1.05 bits per heavy atom. The Morgan fingerprint density at radius 3 is 1.84 bits per heavy atom. The summed E-state index contributed by atoms with van der Waals surface area (Å²) in [6.07, 6.45) is 0. The molecule has 0 heterocycles. The zero-order chi connectivity index (χ0) is 15.1. The van der Waals surface area contributed by atoms with Crippen LogP contribution in [0.3, 0.4) is 0 Å². The number of ether oxygens (including phenoxy) is 1. The van der Waals surface area contributed by atoms with E-state index in [0.29, 0.717) is 6.04 Å². The van der Waals surface area contributed by atoms with Crippen LogP contribution in [0.5, 0.6) is 0 Å². The second-order valence-corrected chi connectivity index (χ2v) is 13.2. The molecule has 5 nitrogen and oxygen atoms in total. The highest BCUT2D eigenvalue weighted by molar-refractivity contribution is 7.56. The lowest BCUT2D eigenvalue weighted by atomic mass is 10.5. The first-order valence-corrected chi connectivity index (χ1v) is 12.1. The molecule has 0 saturated heterocycles. The third-order valence-electron chi connectivity index (χ3n) is 2.36. The van der Waals surface area contributed by atoms with Gasteiger partial charge in [-0.3, -0.25) is 9.36 Å². The first-order chi connectivity index (χ1) is 8.70. The Balaban J connectivity index is 5.27.